The van der Waals surface area contributed by atoms with Crippen molar-refractivity contribution in [1.29, 1.82) is 0 Å². The number of aryl methyl sites for hydroxylation is 1. The highest BCUT2D eigenvalue weighted by molar-refractivity contribution is 7.89. The molecule has 0 fully saturated rings. The van der Waals surface area contributed by atoms with E-state index in [4.69, 9.17) is 0 Å². The minimum Gasteiger partial charge on any atom is -0.227 e. The van der Waals surface area contributed by atoms with E-state index in [0.29, 0.717) is 0 Å². The topological polar surface area (TPSA) is 37.4 Å². The van der Waals surface area contributed by atoms with Crippen molar-refractivity contribution in [2.75, 3.05) is 7.05 Å². The van der Waals surface area contributed by atoms with Crippen molar-refractivity contribution in [3.8, 4) is 12.0 Å². The lowest BCUT2D eigenvalue weighted by molar-refractivity contribution is 0.547. The largest absolute Gasteiger partial charge is 0.270 e. The number of rotatable bonds is 2. The van der Waals surface area contributed by atoms with Gasteiger partial charge in [-0.1, -0.05) is 23.8 Å². The van der Waals surface area contributed by atoms with Gasteiger partial charge in [0, 0.05) is 13.1 Å². The van der Waals surface area contributed by atoms with Crippen LogP contribution in [0.3, 0.4) is 0 Å². The molecular weight excluding hydrogens is 278 g/mol. The third-order valence-corrected chi connectivity index (χ3v) is 5.00. The van der Waals surface area contributed by atoms with Gasteiger partial charge in [0.1, 0.15) is 0 Å². The number of hydrogen-bond donors (Lipinski definition) is 0. The monoisotopic (exact) mass is 291 g/mol. The lowest BCUT2D eigenvalue weighted by atomic mass is 10.2. The van der Waals surface area contributed by atoms with Crippen LogP contribution in [0, 0.1) is 18.9 Å². The molecule has 19 heavy (non-hydrogen) atoms. The van der Waals surface area contributed by atoms with E-state index in [1.54, 1.807) is 24.3 Å². The van der Waals surface area contributed by atoms with Gasteiger partial charge in [0.2, 0.25) is 0 Å². The molecule has 0 atom stereocenters. The molecule has 0 saturated carbocycles. The standard InChI is InChI=1S/C14H13NO2S2/c1-12-5-7-14(8-6-12)19(16,17)15(2)10-9-13-4-3-11-18-13/h3-8,11H,1-2H3. The minimum absolute atomic E-state index is 0.251. The van der Waals surface area contributed by atoms with Crippen molar-refractivity contribution in [1.82, 2.24) is 4.31 Å². The molecule has 1 heterocycles. The van der Waals surface area contributed by atoms with E-state index in [1.165, 1.54) is 18.4 Å². The van der Waals surface area contributed by atoms with Gasteiger partial charge in [-0.2, -0.15) is 0 Å². The molecule has 5 heteroatoms. The predicted octanol–water partition coefficient (Wildman–Crippen LogP) is 2.69. The number of sulfonamides is 1. The highest BCUT2D eigenvalue weighted by Crippen LogP contribution is 2.14. The average molecular weight is 291 g/mol. The summed E-state index contributed by atoms with van der Waals surface area (Å²) in [5.74, 6) is 2.83. The molecule has 0 N–H and O–H groups in total. The van der Waals surface area contributed by atoms with E-state index in [0.717, 1.165) is 14.7 Å². The summed E-state index contributed by atoms with van der Waals surface area (Å²) < 4.78 is 25.5. The minimum atomic E-state index is -3.54. The highest BCUT2D eigenvalue weighted by atomic mass is 32.2. The van der Waals surface area contributed by atoms with E-state index in [9.17, 15) is 8.42 Å². The van der Waals surface area contributed by atoms with Gasteiger partial charge < -0.3 is 0 Å². The van der Waals surface area contributed by atoms with Crippen LogP contribution in [0.25, 0.3) is 0 Å². The second-order valence-corrected chi connectivity index (χ2v) is 6.92. The summed E-state index contributed by atoms with van der Waals surface area (Å²) in [4.78, 5) is 1.09. The molecule has 98 valence electrons. The van der Waals surface area contributed by atoms with Crippen LogP contribution in [0.15, 0.2) is 46.7 Å². The second kappa shape index (κ2) is 5.47. The summed E-state index contributed by atoms with van der Waals surface area (Å²) in [6.45, 7) is 1.91. The Hall–Kier alpha value is -1.77. The normalized spacial score (nSPS) is 10.6. The molecule has 1 aromatic carbocycles. The van der Waals surface area contributed by atoms with Crippen LogP contribution in [0.4, 0.5) is 0 Å². The number of hydrogen-bond acceptors (Lipinski definition) is 3. The SMILES string of the molecule is Cc1ccc(S(=O)(=O)N(C)C#Cc2cccs2)cc1. The third kappa shape index (κ3) is 3.16. The summed E-state index contributed by atoms with van der Waals surface area (Å²) in [6, 6.07) is 13.1. The Morgan fingerprint density at radius 1 is 1.16 bits per heavy atom. The first-order valence-electron chi connectivity index (χ1n) is 5.61. The van der Waals surface area contributed by atoms with Crippen LogP contribution in [-0.2, 0) is 10.0 Å². The molecule has 0 radical (unpaired) electrons. The second-order valence-electron chi connectivity index (χ2n) is 4.00. The fourth-order valence-electron chi connectivity index (χ4n) is 1.41. The Morgan fingerprint density at radius 2 is 1.84 bits per heavy atom. The Balaban J connectivity index is 2.27. The number of nitrogens with zero attached hydrogens (tertiary/aromatic N) is 1. The van der Waals surface area contributed by atoms with Crippen molar-refractivity contribution in [3.63, 3.8) is 0 Å². The molecule has 0 amide bonds. The number of thiophene rings is 1. The summed E-state index contributed by atoms with van der Waals surface area (Å²) in [5, 5.41) is 1.90. The van der Waals surface area contributed by atoms with Crippen molar-refractivity contribution >= 4 is 21.4 Å². The van der Waals surface area contributed by atoms with Crippen LogP contribution in [0.5, 0.6) is 0 Å². The summed E-state index contributed by atoms with van der Waals surface area (Å²) in [6.07, 6.45) is 0. The molecule has 2 rings (SSSR count). The molecule has 2 aromatic rings. The molecule has 0 unspecified atom stereocenters. The maximum absolute atomic E-state index is 12.2. The zero-order chi connectivity index (χ0) is 13.9. The van der Waals surface area contributed by atoms with E-state index in [1.807, 2.05) is 24.4 Å². The van der Waals surface area contributed by atoms with Gasteiger partial charge in [-0.25, -0.2) is 12.7 Å². The molecule has 0 aliphatic rings. The number of benzene rings is 1. The van der Waals surface area contributed by atoms with E-state index < -0.39 is 10.0 Å². The Labute approximate surface area is 117 Å². The van der Waals surface area contributed by atoms with Crippen LogP contribution in [0.2, 0.25) is 0 Å². The fraction of sp³-hybridized carbons (Fsp3) is 0.143. The first-order chi connectivity index (χ1) is 9.00. The molecule has 0 aliphatic carbocycles. The molecular formula is C14H13NO2S2. The van der Waals surface area contributed by atoms with E-state index >= 15 is 0 Å². The maximum Gasteiger partial charge on any atom is 0.270 e. The zero-order valence-electron chi connectivity index (χ0n) is 10.6. The van der Waals surface area contributed by atoms with Gasteiger partial charge in [-0.15, -0.1) is 11.3 Å². The maximum atomic E-state index is 12.2. The zero-order valence-corrected chi connectivity index (χ0v) is 12.3. The van der Waals surface area contributed by atoms with Crippen LogP contribution >= 0.6 is 11.3 Å². The summed E-state index contributed by atoms with van der Waals surface area (Å²) in [5.41, 5.74) is 1.02. The molecule has 0 saturated heterocycles. The lowest BCUT2D eigenvalue weighted by Gasteiger charge is -2.11. The van der Waals surface area contributed by atoms with Gasteiger partial charge >= 0.3 is 0 Å². The van der Waals surface area contributed by atoms with Gasteiger partial charge in [-0.3, -0.25) is 0 Å². The Morgan fingerprint density at radius 3 is 2.42 bits per heavy atom. The molecule has 0 aliphatic heterocycles. The summed E-state index contributed by atoms with van der Waals surface area (Å²) >= 11 is 1.48. The molecule has 1 aromatic heterocycles. The first kappa shape index (κ1) is 13.7. The van der Waals surface area contributed by atoms with E-state index in [-0.39, 0.29) is 4.90 Å². The van der Waals surface area contributed by atoms with Gasteiger partial charge in [-0.05, 0) is 36.4 Å². The quantitative estimate of drug-likeness (QED) is 0.630. The summed E-state index contributed by atoms with van der Waals surface area (Å²) in [7, 11) is -2.09. The highest BCUT2D eigenvalue weighted by Gasteiger charge is 2.17. The first-order valence-corrected chi connectivity index (χ1v) is 7.93. The molecule has 0 spiro atoms. The molecule has 3 nitrogen and oxygen atoms in total. The van der Waals surface area contributed by atoms with Crippen LogP contribution in [0.1, 0.15) is 10.4 Å². The predicted molar refractivity (Wildman–Crippen MR) is 77.3 cm³/mol. The smallest absolute Gasteiger partial charge is 0.227 e. The van der Waals surface area contributed by atoms with Gasteiger partial charge in [0.15, 0.2) is 0 Å². The van der Waals surface area contributed by atoms with Crippen LogP contribution in [-0.4, -0.2) is 19.8 Å². The van der Waals surface area contributed by atoms with Crippen LogP contribution < -0.4 is 0 Å². The van der Waals surface area contributed by atoms with E-state index in [2.05, 4.69) is 12.0 Å². The third-order valence-electron chi connectivity index (χ3n) is 2.54. The van der Waals surface area contributed by atoms with Gasteiger partial charge in [0.05, 0.1) is 9.77 Å². The Kier molecular flexibility index (Phi) is 3.93. The lowest BCUT2D eigenvalue weighted by Crippen LogP contribution is -2.21. The fourth-order valence-corrected chi connectivity index (χ4v) is 2.94. The molecule has 0 bridgehead atoms. The van der Waals surface area contributed by atoms with Crippen molar-refractivity contribution < 1.29 is 8.42 Å². The average Bonchev–Trinajstić information content (AvgIpc) is 2.89. The van der Waals surface area contributed by atoms with Crippen molar-refractivity contribution in [2.45, 2.75) is 11.8 Å². The Bertz CT molecular complexity index is 705. The van der Waals surface area contributed by atoms with Crippen molar-refractivity contribution in [3.05, 3.63) is 52.2 Å². The van der Waals surface area contributed by atoms with Gasteiger partial charge in [0.25, 0.3) is 10.0 Å². The van der Waals surface area contributed by atoms with Crippen molar-refractivity contribution in [2.24, 2.45) is 0 Å².